The molecule has 0 fully saturated rings. The first kappa shape index (κ1) is 14.7. The zero-order valence-corrected chi connectivity index (χ0v) is 11.9. The van der Waals surface area contributed by atoms with Gasteiger partial charge in [0.15, 0.2) is 0 Å². The van der Waals surface area contributed by atoms with E-state index in [1.165, 1.54) is 0 Å². The summed E-state index contributed by atoms with van der Waals surface area (Å²) in [7, 11) is 0. The predicted molar refractivity (Wildman–Crippen MR) is 75.5 cm³/mol. The Morgan fingerprint density at radius 3 is 2.39 bits per heavy atom. The van der Waals surface area contributed by atoms with E-state index < -0.39 is 0 Å². The normalized spacial score (nSPS) is 11.7. The molecule has 0 amide bonds. The molecule has 0 aliphatic carbocycles. The van der Waals surface area contributed by atoms with Crippen LogP contribution in [-0.4, -0.2) is 13.2 Å². The lowest BCUT2D eigenvalue weighted by Gasteiger charge is -2.15. The maximum Gasteiger partial charge on any atom is 0.141 e. The molecule has 0 aromatic heterocycles. The van der Waals surface area contributed by atoms with E-state index in [2.05, 4.69) is 5.92 Å². The molecule has 0 saturated heterocycles. The third-order valence-corrected chi connectivity index (χ3v) is 2.82. The van der Waals surface area contributed by atoms with Crippen LogP contribution in [0.25, 0.3) is 0 Å². The molecular weight excluding hydrogens is 248 g/mol. The van der Waals surface area contributed by atoms with Crippen LogP contribution in [0.4, 0.5) is 0 Å². The first-order valence-corrected chi connectivity index (χ1v) is 6.54. The molecule has 2 nitrogen and oxygen atoms in total. The van der Waals surface area contributed by atoms with E-state index in [1.807, 2.05) is 32.9 Å². The van der Waals surface area contributed by atoms with Crippen molar-refractivity contribution in [3.63, 3.8) is 0 Å². The van der Waals surface area contributed by atoms with Crippen LogP contribution < -0.4 is 9.47 Å². The highest BCUT2D eigenvalue weighted by atomic mass is 35.5. The number of halogens is 1. The maximum absolute atomic E-state index is 6.17. The summed E-state index contributed by atoms with van der Waals surface area (Å²) in [5.41, 5.74) is 1.02. The summed E-state index contributed by atoms with van der Waals surface area (Å²) in [5.74, 6) is 4.31. The molecule has 0 aliphatic heterocycles. The molecule has 98 valence electrons. The SMILES string of the molecule is C#CC(C)Cc1cc(Cl)c(OCC)cc1OCC. The zero-order valence-electron chi connectivity index (χ0n) is 11.1. The topological polar surface area (TPSA) is 18.5 Å². The van der Waals surface area contributed by atoms with Crippen LogP contribution in [-0.2, 0) is 6.42 Å². The molecule has 1 unspecified atom stereocenters. The molecule has 0 saturated carbocycles. The van der Waals surface area contributed by atoms with Crippen molar-refractivity contribution in [2.45, 2.75) is 27.2 Å². The molecule has 1 aromatic carbocycles. The minimum atomic E-state index is 0.151. The predicted octanol–water partition coefficient (Wildman–Crippen LogP) is 3.95. The van der Waals surface area contributed by atoms with Crippen LogP contribution in [0.15, 0.2) is 12.1 Å². The Bertz CT molecular complexity index is 435. The van der Waals surface area contributed by atoms with Gasteiger partial charge in [-0.3, -0.25) is 0 Å². The van der Waals surface area contributed by atoms with Crippen LogP contribution in [0.3, 0.4) is 0 Å². The second-order valence-electron chi connectivity index (χ2n) is 4.03. The second-order valence-corrected chi connectivity index (χ2v) is 4.44. The zero-order chi connectivity index (χ0) is 13.5. The van der Waals surface area contributed by atoms with E-state index in [0.29, 0.717) is 24.0 Å². The highest BCUT2D eigenvalue weighted by molar-refractivity contribution is 6.32. The molecule has 18 heavy (non-hydrogen) atoms. The number of terminal acetylenes is 1. The van der Waals surface area contributed by atoms with Crippen molar-refractivity contribution in [2.24, 2.45) is 5.92 Å². The quantitative estimate of drug-likeness (QED) is 0.726. The van der Waals surface area contributed by atoms with Gasteiger partial charge in [0, 0.05) is 12.0 Å². The van der Waals surface area contributed by atoms with Gasteiger partial charge in [0.25, 0.3) is 0 Å². The van der Waals surface area contributed by atoms with Gasteiger partial charge in [-0.15, -0.1) is 12.3 Å². The fourth-order valence-corrected chi connectivity index (χ4v) is 1.92. The molecule has 0 spiro atoms. The average Bonchev–Trinajstić information content (AvgIpc) is 2.35. The van der Waals surface area contributed by atoms with Crippen molar-refractivity contribution in [1.82, 2.24) is 0 Å². The van der Waals surface area contributed by atoms with Gasteiger partial charge in [-0.25, -0.2) is 0 Å². The maximum atomic E-state index is 6.17. The summed E-state index contributed by atoms with van der Waals surface area (Å²) >= 11 is 6.17. The van der Waals surface area contributed by atoms with Gasteiger partial charge in [-0.2, -0.15) is 0 Å². The summed E-state index contributed by atoms with van der Waals surface area (Å²) in [6.07, 6.45) is 6.16. The van der Waals surface area contributed by atoms with Crippen molar-refractivity contribution in [3.8, 4) is 23.8 Å². The van der Waals surface area contributed by atoms with Crippen molar-refractivity contribution in [1.29, 1.82) is 0 Å². The Kier molecular flexibility index (Phi) is 5.88. The Morgan fingerprint density at radius 2 is 1.83 bits per heavy atom. The van der Waals surface area contributed by atoms with Crippen molar-refractivity contribution < 1.29 is 9.47 Å². The summed E-state index contributed by atoms with van der Waals surface area (Å²) < 4.78 is 11.1. The summed E-state index contributed by atoms with van der Waals surface area (Å²) in [4.78, 5) is 0. The smallest absolute Gasteiger partial charge is 0.141 e. The van der Waals surface area contributed by atoms with Crippen molar-refractivity contribution in [2.75, 3.05) is 13.2 Å². The van der Waals surface area contributed by atoms with E-state index in [4.69, 9.17) is 27.5 Å². The van der Waals surface area contributed by atoms with Crippen LogP contribution in [0.1, 0.15) is 26.3 Å². The lowest BCUT2D eigenvalue weighted by molar-refractivity contribution is 0.320. The molecule has 3 heteroatoms. The number of hydrogen-bond donors (Lipinski definition) is 0. The first-order chi connectivity index (χ1) is 8.62. The third kappa shape index (κ3) is 3.85. The highest BCUT2D eigenvalue weighted by Gasteiger charge is 2.12. The average molecular weight is 267 g/mol. The Labute approximate surface area is 114 Å². The van der Waals surface area contributed by atoms with Crippen LogP contribution in [0.5, 0.6) is 11.5 Å². The fraction of sp³-hybridized carbons (Fsp3) is 0.467. The van der Waals surface area contributed by atoms with Crippen molar-refractivity contribution >= 4 is 11.6 Å². The number of ether oxygens (including phenoxy) is 2. The monoisotopic (exact) mass is 266 g/mol. The minimum absolute atomic E-state index is 0.151. The van der Waals surface area contributed by atoms with Gasteiger partial charge in [0.05, 0.1) is 18.2 Å². The summed E-state index contributed by atoms with van der Waals surface area (Å²) in [5, 5.41) is 0.597. The molecular formula is C15H19ClO2. The summed E-state index contributed by atoms with van der Waals surface area (Å²) in [6, 6.07) is 3.72. The van der Waals surface area contributed by atoms with Gasteiger partial charge in [-0.1, -0.05) is 18.5 Å². The molecule has 0 heterocycles. The Hall–Kier alpha value is -1.33. The lowest BCUT2D eigenvalue weighted by Crippen LogP contribution is -2.03. The molecule has 1 rings (SSSR count). The van der Waals surface area contributed by atoms with Gasteiger partial charge >= 0.3 is 0 Å². The van der Waals surface area contributed by atoms with Gasteiger partial charge in [-0.05, 0) is 31.9 Å². The minimum Gasteiger partial charge on any atom is -0.493 e. The van der Waals surface area contributed by atoms with Gasteiger partial charge < -0.3 is 9.47 Å². The second kappa shape index (κ2) is 7.18. The Balaban J connectivity index is 3.08. The number of rotatable bonds is 6. The van der Waals surface area contributed by atoms with E-state index in [1.54, 1.807) is 0 Å². The van der Waals surface area contributed by atoms with E-state index in [-0.39, 0.29) is 5.92 Å². The molecule has 0 bridgehead atoms. The van der Waals surface area contributed by atoms with Gasteiger partial charge in [0.2, 0.25) is 0 Å². The van der Waals surface area contributed by atoms with E-state index >= 15 is 0 Å². The van der Waals surface area contributed by atoms with Crippen LogP contribution >= 0.6 is 11.6 Å². The molecule has 0 radical (unpaired) electrons. The molecule has 0 aliphatic rings. The van der Waals surface area contributed by atoms with E-state index in [9.17, 15) is 0 Å². The lowest BCUT2D eigenvalue weighted by atomic mass is 10.0. The largest absolute Gasteiger partial charge is 0.493 e. The molecule has 0 N–H and O–H groups in total. The highest BCUT2D eigenvalue weighted by Crippen LogP contribution is 2.34. The number of benzene rings is 1. The molecule has 1 aromatic rings. The molecule has 1 atom stereocenters. The first-order valence-electron chi connectivity index (χ1n) is 6.16. The van der Waals surface area contributed by atoms with Crippen molar-refractivity contribution in [3.05, 3.63) is 22.7 Å². The standard InChI is InChI=1S/C15H19ClO2/c1-5-11(4)8-12-9-13(16)15(18-7-3)10-14(12)17-6-2/h1,9-11H,6-8H2,2-4H3. The third-order valence-electron chi connectivity index (χ3n) is 2.53. The summed E-state index contributed by atoms with van der Waals surface area (Å²) in [6.45, 7) is 7.05. The van der Waals surface area contributed by atoms with Crippen LogP contribution in [0, 0.1) is 18.3 Å². The van der Waals surface area contributed by atoms with Gasteiger partial charge in [0.1, 0.15) is 11.5 Å². The van der Waals surface area contributed by atoms with Crippen LogP contribution in [0.2, 0.25) is 5.02 Å². The van der Waals surface area contributed by atoms with E-state index in [0.717, 1.165) is 17.7 Å². The Morgan fingerprint density at radius 1 is 1.22 bits per heavy atom. The number of hydrogen-bond acceptors (Lipinski definition) is 2. The fourth-order valence-electron chi connectivity index (χ4n) is 1.68.